The Bertz CT molecular complexity index is 452. The van der Waals surface area contributed by atoms with Gasteiger partial charge in [0.2, 0.25) is 0 Å². The maximum absolute atomic E-state index is 11.5. The van der Waals surface area contributed by atoms with E-state index in [-0.39, 0.29) is 6.42 Å². The van der Waals surface area contributed by atoms with Gasteiger partial charge in [-0.25, -0.2) is 4.79 Å². The van der Waals surface area contributed by atoms with E-state index in [4.69, 9.17) is 16.3 Å². The molecule has 0 aromatic heterocycles. The first-order valence-electron chi connectivity index (χ1n) is 5.54. The van der Waals surface area contributed by atoms with E-state index in [9.17, 15) is 9.59 Å². The van der Waals surface area contributed by atoms with Gasteiger partial charge in [-0.05, 0) is 44.5 Å². The van der Waals surface area contributed by atoms with E-state index in [2.05, 4.69) is 5.32 Å². The maximum Gasteiger partial charge on any atom is 0.412 e. The van der Waals surface area contributed by atoms with Crippen molar-refractivity contribution >= 4 is 29.7 Å². The van der Waals surface area contributed by atoms with E-state index < -0.39 is 11.7 Å². The zero-order chi connectivity index (χ0) is 13.8. The minimum atomic E-state index is -0.553. The monoisotopic (exact) mass is 269 g/mol. The summed E-state index contributed by atoms with van der Waals surface area (Å²) in [6.45, 7) is 5.35. The van der Waals surface area contributed by atoms with Gasteiger partial charge < -0.3 is 9.53 Å². The van der Waals surface area contributed by atoms with Crippen LogP contribution in [0.1, 0.15) is 26.3 Å². The highest BCUT2D eigenvalue weighted by atomic mass is 35.5. The van der Waals surface area contributed by atoms with Crippen LogP contribution >= 0.6 is 11.6 Å². The minimum absolute atomic E-state index is 0.211. The zero-order valence-electron chi connectivity index (χ0n) is 10.6. The number of rotatable bonds is 3. The van der Waals surface area contributed by atoms with Crippen molar-refractivity contribution in [3.05, 3.63) is 28.8 Å². The zero-order valence-corrected chi connectivity index (χ0v) is 11.4. The molecule has 1 rings (SSSR count). The molecule has 0 saturated carbocycles. The first-order chi connectivity index (χ1) is 8.31. The predicted octanol–water partition coefficient (Wildman–Crippen LogP) is 3.43. The number of hydrogen-bond acceptors (Lipinski definition) is 3. The lowest BCUT2D eigenvalue weighted by Gasteiger charge is -2.19. The fourth-order valence-electron chi connectivity index (χ4n) is 1.32. The Morgan fingerprint density at radius 2 is 2.11 bits per heavy atom. The normalized spacial score (nSPS) is 10.9. The highest BCUT2D eigenvalue weighted by Gasteiger charge is 2.16. The Morgan fingerprint density at radius 1 is 1.44 bits per heavy atom. The number of carbonyl (C=O) groups excluding carboxylic acids is 2. The Balaban J connectivity index is 2.76. The van der Waals surface area contributed by atoms with Crippen LogP contribution in [0.15, 0.2) is 18.2 Å². The Hall–Kier alpha value is -1.55. The molecule has 0 unspecified atom stereocenters. The van der Waals surface area contributed by atoms with Crippen molar-refractivity contribution in [1.82, 2.24) is 0 Å². The molecule has 0 aliphatic rings. The average Bonchev–Trinajstić information content (AvgIpc) is 2.20. The minimum Gasteiger partial charge on any atom is -0.444 e. The molecule has 0 fully saturated rings. The lowest BCUT2D eigenvalue weighted by Crippen LogP contribution is -2.27. The lowest BCUT2D eigenvalue weighted by molar-refractivity contribution is -0.107. The third-order valence-corrected chi connectivity index (χ3v) is 2.36. The molecule has 0 heterocycles. The largest absolute Gasteiger partial charge is 0.444 e. The second-order valence-corrected chi connectivity index (χ2v) is 5.21. The van der Waals surface area contributed by atoms with Crippen LogP contribution in [0, 0.1) is 0 Å². The van der Waals surface area contributed by atoms with Crippen molar-refractivity contribution < 1.29 is 14.3 Å². The van der Waals surface area contributed by atoms with E-state index >= 15 is 0 Å². The van der Waals surface area contributed by atoms with Crippen LogP contribution in [0.5, 0.6) is 0 Å². The van der Waals surface area contributed by atoms with Gasteiger partial charge in [0.15, 0.2) is 0 Å². The third-order valence-electron chi connectivity index (χ3n) is 1.99. The first kappa shape index (κ1) is 14.5. The van der Waals surface area contributed by atoms with Gasteiger partial charge in [0.05, 0.1) is 0 Å². The maximum atomic E-state index is 11.5. The molecule has 0 bridgehead atoms. The van der Waals surface area contributed by atoms with E-state index in [1.807, 2.05) is 0 Å². The quantitative estimate of drug-likeness (QED) is 0.856. The summed E-state index contributed by atoms with van der Waals surface area (Å²) in [5.74, 6) is 0. The van der Waals surface area contributed by atoms with Gasteiger partial charge in [0.1, 0.15) is 11.9 Å². The number of carbonyl (C=O) groups is 2. The Kier molecular flexibility index (Phi) is 4.73. The van der Waals surface area contributed by atoms with E-state index in [0.29, 0.717) is 16.3 Å². The number of amides is 1. The van der Waals surface area contributed by atoms with Crippen LogP contribution in [0.2, 0.25) is 5.02 Å². The highest BCUT2D eigenvalue weighted by molar-refractivity contribution is 6.31. The molecule has 1 amide bonds. The fraction of sp³-hybridized carbons (Fsp3) is 0.385. The molecule has 0 saturated heterocycles. The predicted molar refractivity (Wildman–Crippen MR) is 71.1 cm³/mol. The third kappa shape index (κ3) is 4.75. The van der Waals surface area contributed by atoms with Gasteiger partial charge in [-0.15, -0.1) is 0 Å². The van der Waals surface area contributed by atoms with Gasteiger partial charge in [-0.2, -0.15) is 0 Å². The highest BCUT2D eigenvalue weighted by Crippen LogP contribution is 2.21. The van der Waals surface area contributed by atoms with Crippen molar-refractivity contribution in [3.8, 4) is 0 Å². The number of benzene rings is 1. The molecule has 98 valence electrons. The van der Waals surface area contributed by atoms with Crippen molar-refractivity contribution in [1.29, 1.82) is 0 Å². The summed E-state index contributed by atoms with van der Waals surface area (Å²) < 4.78 is 5.12. The Labute approximate surface area is 111 Å². The molecule has 5 heteroatoms. The van der Waals surface area contributed by atoms with Gasteiger partial charge in [0, 0.05) is 17.1 Å². The molecule has 0 spiro atoms. The lowest BCUT2D eigenvalue weighted by atomic mass is 10.1. The van der Waals surface area contributed by atoms with E-state index in [0.717, 1.165) is 6.29 Å². The van der Waals surface area contributed by atoms with Crippen LogP contribution in [0.25, 0.3) is 0 Å². The number of aldehydes is 1. The molecule has 4 nitrogen and oxygen atoms in total. The van der Waals surface area contributed by atoms with Gasteiger partial charge in [0.25, 0.3) is 0 Å². The first-order valence-corrected chi connectivity index (χ1v) is 5.91. The number of halogens is 1. The summed E-state index contributed by atoms with van der Waals surface area (Å²) in [5.41, 5.74) is 0.660. The van der Waals surface area contributed by atoms with Crippen molar-refractivity contribution in [2.45, 2.75) is 32.8 Å². The number of hydrogen-bond donors (Lipinski definition) is 1. The molecule has 0 aliphatic carbocycles. The summed E-state index contributed by atoms with van der Waals surface area (Å²) in [6, 6.07) is 4.94. The average molecular weight is 270 g/mol. The number of anilines is 1. The summed E-state index contributed by atoms with van der Waals surface area (Å²) in [6.07, 6.45) is 0.433. The molecule has 0 aliphatic heterocycles. The van der Waals surface area contributed by atoms with Crippen LogP contribution < -0.4 is 5.32 Å². The van der Waals surface area contributed by atoms with Gasteiger partial charge in [-0.3, -0.25) is 5.32 Å². The summed E-state index contributed by atoms with van der Waals surface area (Å²) >= 11 is 5.92. The second-order valence-electron chi connectivity index (χ2n) is 4.80. The summed E-state index contributed by atoms with van der Waals surface area (Å²) in [4.78, 5) is 22.0. The fourth-order valence-corrected chi connectivity index (χ4v) is 1.51. The van der Waals surface area contributed by atoms with Gasteiger partial charge in [-0.1, -0.05) is 11.6 Å². The topological polar surface area (TPSA) is 55.4 Å². The smallest absolute Gasteiger partial charge is 0.412 e. The van der Waals surface area contributed by atoms with Crippen molar-refractivity contribution in [3.63, 3.8) is 0 Å². The van der Waals surface area contributed by atoms with E-state index in [1.165, 1.54) is 0 Å². The molecule has 1 aromatic carbocycles. The Morgan fingerprint density at radius 3 is 2.67 bits per heavy atom. The standard InChI is InChI=1S/C13H16ClNO3/c1-13(2,3)18-12(17)15-10-4-5-11(14)9(8-10)6-7-16/h4-5,7-8H,6H2,1-3H3,(H,15,17). The van der Waals surface area contributed by atoms with Gasteiger partial charge >= 0.3 is 6.09 Å². The van der Waals surface area contributed by atoms with Crippen molar-refractivity contribution in [2.75, 3.05) is 5.32 Å². The van der Waals surface area contributed by atoms with E-state index in [1.54, 1.807) is 39.0 Å². The van der Waals surface area contributed by atoms with Crippen LogP contribution in [-0.2, 0) is 16.0 Å². The SMILES string of the molecule is CC(C)(C)OC(=O)Nc1ccc(Cl)c(CC=O)c1. The second kappa shape index (κ2) is 5.87. The van der Waals surface area contributed by atoms with Crippen LogP contribution in [0.3, 0.4) is 0 Å². The van der Waals surface area contributed by atoms with Crippen LogP contribution in [-0.4, -0.2) is 18.0 Å². The molecule has 1 N–H and O–H groups in total. The molecule has 0 radical (unpaired) electrons. The molecule has 0 atom stereocenters. The summed E-state index contributed by atoms with van der Waals surface area (Å²) in [5, 5.41) is 3.09. The van der Waals surface area contributed by atoms with Crippen LogP contribution in [0.4, 0.5) is 10.5 Å². The molecule has 1 aromatic rings. The molecule has 18 heavy (non-hydrogen) atoms. The molecular weight excluding hydrogens is 254 g/mol. The molecular formula is C13H16ClNO3. The number of ether oxygens (including phenoxy) is 1. The van der Waals surface area contributed by atoms with Crippen molar-refractivity contribution in [2.24, 2.45) is 0 Å². The summed E-state index contributed by atoms with van der Waals surface area (Å²) in [7, 11) is 0. The number of nitrogens with one attached hydrogen (secondary N) is 1.